The van der Waals surface area contributed by atoms with Gasteiger partial charge in [0.2, 0.25) is 0 Å². The molecule has 0 atom stereocenters. The number of H-pyrrole nitrogens is 1. The lowest BCUT2D eigenvalue weighted by Gasteiger charge is -2.09. The Bertz CT molecular complexity index is 508. The number of benzene rings is 1. The van der Waals surface area contributed by atoms with Gasteiger partial charge in [-0.05, 0) is 44.8 Å². The Morgan fingerprint density at radius 3 is 2.87 bits per heavy atom. The molecule has 5 heteroatoms. The molecule has 1 aromatic heterocycles. The van der Waals surface area contributed by atoms with E-state index < -0.39 is 0 Å². The van der Waals surface area contributed by atoms with Crippen molar-refractivity contribution >= 4 is 42.8 Å². The third-order valence-corrected chi connectivity index (χ3v) is 3.43. The second kappa shape index (κ2) is 4.06. The Labute approximate surface area is 104 Å². The van der Waals surface area contributed by atoms with Crippen LogP contribution in [0.3, 0.4) is 0 Å². The average Bonchev–Trinajstić information content (AvgIpc) is 2.54. The molecule has 15 heavy (non-hydrogen) atoms. The van der Waals surface area contributed by atoms with Crippen molar-refractivity contribution in [1.82, 2.24) is 4.98 Å². The first-order valence-electron chi connectivity index (χ1n) is 4.46. The topological polar surface area (TPSA) is 45.2 Å². The Kier molecular flexibility index (Phi) is 2.93. The number of halogens is 2. The Balaban J connectivity index is 2.75. The van der Waals surface area contributed by atoms with Gasteiger partial charge in [-0.3, -0.25) is 0 Å². The summed E-state index contributed by atoms with van der Waals surface area (Å²) in [5.41, 5.74) is 0.856. The number of aromatic amines is 1. The van der Waals surface area contributed by atoms with Gasteiger partial charge in [0.25, 0.3) is 0 Å². The number of hydrogen-bond acceptors (Lipinski definition) is 2. The summed E-state index contributed by atoms with van der Waals surface area (Å²) in [7, 11) is 0. The molecule has 3 nitrogen and oxygen atoms in total. The van der Waals surface area contributed by atoms with Crippen molar-refractivity contribution in [2.75, 3.05) is 6.61 Å². The molecular formula is C10H9Br2NO2. The zero-order chi connectivity index (χ0) is 11.0. The fraction of sp³-hybridized carbons (Fsp3) is 0.200. The fourth-order valence-corrected chi connectivity index (χ4v) is 3.01. The minimum atomic E-state index is 0.213. The van der Waals surface area contributed by atoms with Crippen LogP contribution in [0.5, 0.6) is 11.5 Å². The molecule has 0 fully saturated rings. The van der Waals surface area contributed by atoms with Crippen LogP contribution in [0.25, 0.3) is 10.9 Å². The van der Waals surface area contributed by atoms with E-state index in [9.17, 15) is 5.11 Å². The largest absolute Gasteiger partial charge is 0.506 e. The summed E-state index contributed by atoms with van der Waals surface area (Å²) in [5.74, 6) is 0.922. The van der Waals surface area contributed by atoms with Gasteiger partial charge in [0.05, 0.1) is 26.5 Å². The highest BCUT2D eigenvalue weighted by atomic mass is 79.9. The van der Waals surface area contributed by atoms with Gasteiger partial charge in [-0.15, -0.1) is 0 Å². The van der Waals surface area contributed by atoms with Gasteiger partial charge in [0, 0.05) is 6.20 Å². The van der Waals surface area contributed by atoms with E-state index in [0.29, 0.717) is 12.4 Å². The van der Waals surface area contributed by atoms with E-state index in [1.54, 1.807) is 6.20 Å². The monoisotopic (exact) mass is 333 g/mol. The number of hydrogen-bond donors (Lipinski definition) is 2. The van der Waals surface area contributed by atoms with E-state index in [0.717, 1.165) is 19.8 Å². The molecule has 2 rings (SSSR count). The molecule has 0 saturated heterocycles. The molecule has 0 aliphatic heterocycles. The van der Waals surface area contributed by atoms with E-state index >= 15 is 0 Å². The van der Waals surface area contributed by atoms with Crippen molar-refractivity contribution in [3.05, 3.63) is 21.2 Å². The summed E-state index contributed by atoms with van der Waals surface area (Å²) in [6.07, 6.45) is 1.55. The highest BCUT2D eigenvalue weighted by molar-refractivity contribution is 9.11. The number of rotatable bonds is 2. The predicted molar refractivity (Wildman–Crippen MR) is 66.5 cm³/mol. The van der Waals surface area contributed by atoms with Crippen LogP contribution in [-0.2, 0) is 0 Å². The third-order valence-electron chi connectivity index (χ3n) is 2.09. The Morgan fingerprint density at radius 1 is 1.47 bits per heavy atom. The highest BCUT2D eigenvalue weighted by Gasteiger charge is 2.14. The molecule has 80 valence electrons. The van der Waals surface area contributed by atoms with E-state index in [1.165, 1.54) is 0 Å². The SMILES string of the molecule is CCOc1c(Br)cc2[nH]cc(O)c2c1Br. The third kappa shape index (κ3) is 1.74. The van der Waals surface area contributed by atoms with Gasteiger partial charge in [-0.2, -0.15) is 0 Å². The van der Waals surface area contributed by atoms with Gasteiger partial charge >= 0.3 is 0 Å². The number of nitrogens with one attached hydrogen (secondary N) is 1. The van der Waals surface area contributed by atoms with Gasteiger partial charge < -0.3 is 14.8 Å². The maximum atomic E-state index is 9.64. The maximum Gasteiger partial charge on any atom is 0.148 e. The summed E-state index contributed by atoms with van der Waals surface area (Å²) in [4.78, 5) is 2.97. The van der Waals surface area contributed by atoms with E-state index in [1.807, 2.05) is 13.0 Å². The Hall–Kier alpha value is -0.680. The van der Waals surface area contributed by atoms with Crippen molar-refractivity contribution in [2.24, 2.45) is 0 Å². The van der Waals surface area contributed by atoms with E-state index in [2.05, 4.69) is 36.8 Å². The first kappa shape index (κ1) is 10.8. The van der Waals surface area contributed by atoms with Crippen LogP contribution < -0.4 is 4.74 Å². The van der Waals surface area contributed by atoms with Gasteiger partial charge in [0.15, 0.2) is 0 Å². The van der Waals surface area contributed by atoms with Gasteiger partial charge in [-0.25, -0.2) is 0 Å². The summed E-state index contributed by atoms with van der Waals surface area (Å²) < 4.78 is 7.09. The average molecular weight is 335 g/mol. The normalized spacial score (nSPS) is 10.9. The number of aromatic hydroxyl groups is 1. The van der Waals surface area contributed by atoms with Gasteiger partial charge in [0.1, 0.15) is 11.5 Å². The van der Waals surface area contributed by atoms with Crippen molar-refractivity contribution in [3.63, 3.8) is 0 Å². The highest BCUT2D eigenvalue weighted by Crippen LogP contribution is 2.42. The first-order valence-corrected chi connectivity index (χ1v) is 6.04. The molecule has 0 amide bonds. The smallest absolute Gasteiger partial charge is 0.148 e. The summed E-state index contributed by atoms with van der Waals surface area (Å²) >= 11 is 6.85. The zero-order valence-electron chi connectivity index (χ0n) is 7.97. The lowest BCUT2D eigenvalue weighted by molar-refractivity contribution is 0.336. The molecule has 2 aromatic rings. The molecule has 1 heterocycles. The number of fused-ring (bicyclic) bond motifs is 1. The second-order valence-electron chi connectivity index (χ2n) is 3.03. The molecule has 0 aliphatic carbocycles. The molecule has 2 N–H and O–H groups in total. The fourth-order valence-electron chi connectivity index (χ4n) is 1.46. The van der Waals surface area contributed by atoms with Crippen molar-refractivity contribution in [3.8, 4) is 11.5 Å². The first-order chi connectivity index (χ1) is 7.15. The van der Waals surface area contributed by atoms with Crippen LogP contribution in [0.2, 0.25) is 0 Å². The van der Waals surface area contributed by atoms with Crippen molar-refractivity contribution in [2.45, 2.75) is 6.92 Å². The molecule has 0 saturated carbocycles. The molecule has 0 radical (unpaired) electrons. The molecule has 0 aliphatic rings. The summed E-state index contributed by atoms with van der Waals surface area (Å²) in [6, 6.07) is 1.88. The van der Waals surface area contributed by atoms with Gasteiger partial charge in [-0.1, -0.05) is 0 Å². The predicted octanol–water partition coefficient (Wildman–Crippen LogP) is 3.80. The van der Waals surface area contributed by atoms with Crippen LogP contribution in [0.4, 0.5) is 0 Å². The number of ether oxygens (including phenoxy) is 1. The molecular weight excluding hydrogens is 326 g/mol. The van der Waals surface area contributed by atoms with E-state index in [-0.39, 0.29) is 5.75 Å². The molecule has 0 unspecified atom stereocenters. The van der Waals surface area contributed by atoms with E-state index in [4.69, 9.17) is 4.74 Å². The number of aromatic nitrogens is 1. The van der Waals surface area contributed by atoms with Crippen LogP contribution in [0.15, 0.2) is 21.2 Å². The molecule has 0 spiro atoms. The second-order valence-corrected chi connectivity index (χ2v) is 4.68. The van der Waals surface area contributed by atoms with Crippen LogP contribution in [0.1, 0.15) is 6.92 Å². The lowest BCUT2D eigenvalue weighted by atomic mass is 10.2. The van der Waals surface area contributed by atoms with Crippen LogP contribution in [-0.4, -0.2) is 16.7 Å². The zero-order valence-corrected chi connectivity index (χ0v) is 11.1. The maximum absolute atomic E-state index is 9.64. The standard InChI is InChI=1S/C10H9Br2NO2/c1-2-15-10-5(11)3-6-8(9(10)12)7(14)4-13-6/h3-4,13-14H,2H2,1H3. The van der Waals surface area contributed by atoms with Crippen LogP contribution >= 0.6 is 31.9 Å². The van der Waals surface area contributed by atoms with Crippen LogP contribution in [0, 0.1) is 0 Å². The van der Waals surface area contributed by atoms with Crippen molar-refractivity contribution < 1.29 is 9.84 Å². The minimum Gasteiger partial charge on any atom is -0.506 e. The minimum absolute atomic E-state index is 0.213. The molecule has 0 bridgehead atoms. The molecule has 1 aromatic carbocycles. The van der Waals surface area contributed by atoms with Crippen molar-refractivity contribution in [1.29, 1.82) is 0 Å². The quantitative estimate of drug-likeness (QED) is 0.877. The summed E-state index contributed by atoms with van der Waals surface area (Å²) in [6.45, 7) is 2.49. The Morgan fingerprint density at radius 2 is 2.20 bits per heavy atom. The summed E-state index contributed by atoms with van der Waals surface area (Å²) in [5, 5.41) is 10.4. The lowest BCUT2D eigenvalue weighted by Crippen LogP contribution is -1.93.